The number of aromatic nitrogens is 2. The number of hydrogen-bond acceptors (Lipinski definition) is 6. The summed E-state index contributed by atoms with van der Waals surface area (Å²) in [4.78, 5) is 12.2. The zero-order chi connectivity index (χ0) is 22.3. The van der Waals surface area contributed by atoms with Crippen molar-refractivity contribution in [1.29, 1.82) is 0 Å². The summed E-state index contributed by atoms with van der Waals surface area (Å²) < 4.78 is 74.2. The quantitative estimate of drug-likeness (QED) is 0.580. The number of halogens is 4. The summed E-state index contributed by atoms with van der Waals surface area (Å²) in [6.45, 7) is 0. The van der Waals surface area contributed by atoms with Gasteiger partial charge in [0.25, 0.3) is 5.56 Å². The van der Waals surface area contributed by atoms with E-state index in [2.05, 4.69) is 10.2 Å². The minimum absolute atomic E-state index is 0. The second-order valence-electron chi connectivity index (χ2n) is 6.34. The first-order chi connectivity index (χ1) is 13.9. The van der Waals surface area contributed by atoms with Gasteiger partial charge in [0.2, 0.25) is 10.0 Å². The third-order valence-electron chi connectivity index (χ3n) is 4.31. The van der Waals surface area contributed by atoms with Gasteiger partial charge in [0.15, 0.2) is 11.5 Å². The second-order valence-corrected chi connectivity index (χ2v) is 7.95. The molecule has 2 aromatic carbocycles. The van der Waals surface area contributed by atoms with Crippen LogP contribution in [0.5, 0.6) is 11.5 Å². The van der Waals surface area contributed by atoms with E-state index in [0.29, 0.717) is 6.07 Å². The maximum atomic E-state index is 13.8. The first kappa shape index (κ1) is 24.4. The SMILES string of the molecule is COc1cc2c(-c3ccc(CS(N)(=O)=O)cc3C(F)(F)F)n[nH]c(=O)c2cc1OC.Cl. The number of nitrogens with two attached hydrogens (primary N) is 1. The number of methoxy groups -OCH3 is 2. The molecule has 0 aliphatic carbocycles. The Morgan fingerprint density at radius 3 is 2.16 bits per heavy atom. The Morgan fingerprint density at radius 2 is 1.65 bits per heavy atom. The lowest BCUT2D eigenvalue weighted by Gasteiger charge is -2.16. The van der Waals surface area contributed by atoms with E-state index in [9.17, 15) is 26.4 Å². The molecule has 0 amide bonds. The van der Waals surface area contributed by atoms with Crippen LogP contribution in [0.1, 0.15) is 11.1 Å². The number of alkyl halides is 3. The average molecular weight is 480 g/mol. The molecule has 0 atom stereocenters. The first-order valence-electron chi connectivity index (χ1n) is 8.30. The van der Waals surface area contributed by atoms with Gasteiger partial charge in [-0.25, -0.2) is 18.7 Å². The first-order valence-corrected chi connectivity index (χ1v) is 10.0. The Hall–Kier alpha value is -2.83. The minimum atomic E-state index is -4.83. The van der Waals surface area contributed by atoms with E-state index in [4.69, 9.17) is 14.6 Å². The summed E-state index contributed by atoms with van der Waals surface area (Å²) in [6, 6.07) is 5.67. The molecule has 13 heteroatoms. The van der Waals surface area contributed by atoms with Gasteiger partial charge in [-0.15, -0.1) is 12.4 Å². The van der Waals surface area contributed by atoms with Crippen LogP contribution < -0.4 is 20.2 Å². The lowest BCUT2D eigenvalue weighted by atomic mass is 9.97. The van der Waals surface area contributed by atoms with E-state index in [1.165, 1.54) is 32.4 Å². The Balaban J connectivity index is 0.00000341. The van der Waals surface area contributed by atoms with E-state index in [1.54, 1.807) is 0 Å². The molecule has 0 saturated carbocycles. The number of benzene rings is 2. The minimum Gasteiger partial charge on any atom is -0.493 e. The van der Waals surface area contributed by atoms with Crippen molar-refractivity contribution in [2.75, 3.05) is 14.2 Å². The van der Waals surface area contributed by atoms with E-state index in [0.717, 1.165) is 6.07 Å². The number of aromatic amines is 1. The fraction of sp³-hybridized carbons (Fsp3) is 0.222. The number of ether oxygens (including phenoxy) is 2. The van der Waals surface area contributed by atoms with E-state index >= 15 is 0 Å². The summed E-state index contributed by atoms with van der Waals surface area (Å²) >= 11 is 0. The summed E-state index contributed by atoms with van der Waals surface area (Å²) in [7, 11) is -1.34. The molecule has 3 aromatic rings. The maximum Gasteiger partial charge on any atom is 0.417 e. The zero-order valence-electron chi connectivity index (χ0n) is 16.1. The third-order valence-corrected chi connectivity index (χ3v) is 5.04. The smallest absolute Gasteiger partial charge is 0.417 e. The van der Waals surface area contributed by atoms with Gasteiger partial charge >= 0.3 is 6.18 Å². The van der Waals surface area contributed by atoms with Gasteiger partial charge in [-0.2, -0.15) is 18.3 Å². The number of sulfonamides is 1. The predicted octanol–water partition coefficient (Wildman–Crippen LogP) is 2.84. The van der Waals surface area contributed by atoms with Crippen molar-refractivity contribution in [3.05, 3.63) is 51.8 Å². The molecule has 3 rings (SSSR count). The molecule has 0 unspecified atom stereocenters. The van der Waals surface area contributed by atoms with Gasteiger partial charge in [-0.1, -0.05) is 12.1 Å². The normalized spacial score (nSPS) is 11.8. The molecule has 168 valence electrons. The van der Waals surface area contributed by atoms with Crippen LogP contribution >= 0.6 is 12.4 Å². The summed E-state index contributed by atoms with van der Waals surface area (Å²) in [5.74, 6) is -0.355. The van der Waals surface area contributed by atoms with Gasteiger partial charge in [-0.05, 0) is 23.8 Å². The van der Waals surface area contributed by atoms with Gasteiger partial charge in [0, 0.05) is 10.9 Å². The standard InChI is InChI=1S/C18H16F3N3O5S.ClH/c1-28-14-6-11-12(7-15(14)29-2)17(25)24-23-16(11)10-4-3-9(8-30(22,26)27)5-13(10)18(19,20)21;/h3-7H,8H2,1-2H3,(H,24,25)(H2,22,26,27);1H. The number of fused-ring (bicyclic) bond motifs is 1. The van der Waals surface area contributed by atoms with E-state index in [-0.39, 0.29) is 51.5 Å². The van der Waals surface area contributed by atoms with Crippen molar-refractivity contribution in [2.24, 2.45) is 5.14 Å². The highest BCUT2D eigenvalue weighted by molar-refractivity contribution is 7.88. The molecular formula is C18H17ClF3N3O5S. The lowest BCUT2D eigenvalue weighted by Crippen LogP contribution is -2.16. The van der Waals surface area contributed by atoms with E-state index in [1.807, 2.05) is 0 Å². The molecule has 0 radical (unpaired) electrons. The highest BCUT2D eigenvalue weighted by atomic mass is 35.5. The summed E-state index contributed by atoms with van der Waals surface area (Å²) in [5, 5.41) is 11.1. The molecule has 0 saturated heterocycles. The van der Waals surface area contributed by atoms with Crippen LogP contribution in [0.25, 0.3) is 22.0 Å². The molecule has 0 aliphatic rings. The van der Waals surface area contributed by atoms with Crippen LogP contribution in [0, 0.1) is 0 Å². The molecule has 0 bridgehead atoms. The predicted molar refractivity (Wildman–Crippen MR) is 110 cm³/mol. The summed E-state index contributed by atoms with van der Waals surface area (Å²) in [6.07, 6.45) is -4.83. The number of hydrogen-bond donors (Lipinski definition) is 2. The molecule has 1 heterocycles. The number of primary sulfonamides is 1. The van der Waals surface area contributed by atoms with Crippen molar-refractivity contribution in [3.63, 3.8) is 0 Å². The molecule has 8 nitrogen and oxygen atoms in total. The molecule has 31 heavy (non-hydrogen) atoms. The van der Waals surface area contributed by atoms with Crippen LogP contribution in [-0.2, 0) is 22.0 Å². The molecule has 0 aliphatic heterocycles. The number of rotatable bonds is 5. The Bertz CT molecular complexity index is 1290. The molecular weight excluding hydrogens is 463 g/mol. The summed E-state index contributed by atoms with van der Waals surface area (Å²) in [5.41, 5.74) is -2.41. The van der Waals surface area contributed by atoms with Crippen molar-refractivity contribution in [3.8, 4) is 22.8 Å². The largest absolute Gasteiger partial charge is 0.493 e. The third kappa shape index (κ3) is 5.09. The van der Waals surface area contributed by atoms with E-state index < -0.39 is 33.1 Å². The van der Waals surface area contributed by atoms with Crippen LogP contribution in [0.3, 0.4) is 0 Å². The monoisotopic (exact) mass is 479 g/mol. The van der Waals surface area contributed by atoms with Crippen molar-refractivity contribution in [2.45, 2.75) is 11.9 Å². The van der Waals surface area contributed by atoms with Crippen LogP contribution in [-0.4, -0.2) is 32.8 Å². The van der Waals surface area contributed by atoms with Crippen molar-refractivity contribution in [1.82, 2.24) is 10.2 Å². The van der Waals surface area contributed by atoms with Crippen molar-refractivity contribution >= 4 is 33.2 Å². The second kappa shape index (κ2) is 8.73. The highest BCUT2D eigenvalue weighted by Crippen LogP contribution is 2.40. The van der Waals surface area contributed by atoms with Crippen LogP contribution in [0.15, 0.2) is 35.1 Å². The average Bonchev–Trinajstić information content (AvgIpc) is 2.65. The lowest BCUT2D eigenvalue weighted by molar-refractivity contribution is -0.137. The molecule has 0 spiro atoms. The van der Waals surface area contributed by atoms with Gasteiger partial charge < -0.3 is 9.47 Å². The highest BCUT2D eigenvalue weighted by Gasteiger charge is 2.35. The Labute approximate surface area is 180 Å². The van der Waals surface area contributed by atoms with Crippen LogP contribution in [0.2, 0.25) is 0 Å². The fourth-order valence-corrected chi connectivity index (χ4v) is 3.69. The van der Waals surface area contributed by atoms with Gasteiger partial charge in [0.1, 0.15) is 0 Å². The topological polar surface area (TPSA) is 124 Å². The maximum absolute atomic E-state index is 13.8. The molecule has 1 aromatic heterocycles. The number of nitrogens with zero attached hydrogens (tertiary/aromatic N) is 1. The van der Waals surface area contributed by atoms with Crippen LogP contribution in [0.4, 0.5) is 13.2 Å². The zero-order valence-corrected chi connectivity index (χ0v) is 17.7. The Kier molecular flexibility index (Phi) is 6.88. The number of nitrogens with one attached hydrogen (secondary N) is 1. The van der Waals surface area contributed by atoms with Gasteiger partial charge in [-0.3, -0.25) is 4.79 Å². The molecule has 0 fully saturated rings. The Morgan fingerprint density at radius 1 is 1.06 bits per heavy atom. The van der Waals surface area contributed by atoms with Gasteiger partial charge in [0.05, 0.1) is 36.6 Å². The number of H-pyrrole nitrogens is 1. The van der Waals surface area contributed by atoms with Crippen molar-refractivity contribution < 1.29 is 31.1 Å². The molecule has 3 N–H and O–H groups in total. The fourth-order valence-electron chi connectivity index (χ4n) is 3.05.